The molecule has 0 saturated carbocycles. The van der Waals surface area contributed by atoms with Crippen molar-refractivity contribution in [1.29, 1.82) is 0 Å². The lowest BCUT2D eigenvalue weighted by Crippen LogP contribution is -2.50. The third-order valence-corrected chi connectivity index (χ3v) is 7.07. The number of likely N-dealkylation sites (tertiary alicyclic amines) is 1. The predicted octanol–water partition coefficient (Wildman–Crippen LogP) is 3.47. The quantitative estimate of drug-likeness (QED) is 0.874. The molecule has 0 unspecified atom stereocenters. The van der Waals surface area contributed by atoms with E-state index in [1.54, 1.807) is 13.8 Å². The van der Waals surface area contributed by atoms with Gasteiger partial charge in [-0.25, -0.2) is 13.1 Å². The summed E-state index contributed by atoms with van der Waals surface area (Å²) in [5.74, 6) is 0.159. The molecule has 1 aliphatic heterocycles. The zero-order valence-corrected chi connectivity index (χ0v) is 16.5. The van der Waals surface area contributed by atoms with Crippen LogP contribution in [0.5, 0.6) is 0 Å². The van der Waals surface area contributed by atoms with Crippen molar-refractivity contribution in [2.45, 2.75) is 37.5 Å². The summed E-state index contributed by atoms with van der Waals surface area (Å²) in [6, 6.07) is 18.8. The first-order valence-electron chi connectivity index (χ1n) is 9.22. The van der Waals surface area contributed by atoms with Crippen LogP contribution in [0.15, 0.2) is 54.6 Å². The molecule has 0 aromatic heterocycles. The van der Waals surface area contributed by atoms with Crippen LogP contribution in [-0.4, -0.2) is 44.7 Å². The van der Waals surface area contributed by atoms with Crippen LogP contribution >= 0.6 is 0 Å². The van der Waals surface area contributed by atoms with Gasteiger partial charge in [0, 0.05) is 18.5 Å². The first-order chi connectivity index (χ1) is 12.4. The first-order valence-corrected chi connectivity index (χ1v) is 10.8. The average molecular weight is 373 g/mol. The van der Waals surface area contributed by atoms with Gasteiger partial charge in [0.05, 0.1) is 5.25 Å². The van der Waals surface area contributed by atoms with Crippen molar-refractivity contribution in [1.82, 2.24) is 9.62 Å². The molecule has 26 heavy (non-hydrogen) atoms. The minimum atomic E-state index is -3.28. The minimum Gasteiger partial charge on any atom is -0.306 e. The van der Waals surface area contributed by atoms with Gasteiger partial charge in [-0.2, -0.15) is 0 Å². The van der Waals surface area contributed by atoms with E-state index in [1.807, 2.05) is 18.2 Å². The number of nitrogens with zero attached hydrogens (tertiary/aromatic N) is 1. The normalized spacial score (nSPS) is 21.8. The molecular weight excluding hydrogens is 344 g/mol. The fourth-order valence-electron chi connectivity index (χ4n) is 3.49. The Kier molecular flexibility index (Phi) is 5.80. The molecule has 140 valence electrons. The molecule has 0 bridgehead atoms. The SMILES string of the molecule is CC(C)S(=O)(=O)N[C@@H]1CCN(C)C[C@H]1c1ccc(-c2ccccc2)cc1. The van der Waals surface area contributed by atoms with E-state index in [4.69, 9.17) is 0 Å². The predicted molar refractivity (Wildman–Crippen MR) is 108 cm³/mol. The molecule has 1 N–H and O–H groups in total. The highest BCUT2D eigenvalue weighted by Crippen LogP contribution is 2.29. The summed E-state index contributed by atoms with van der Waals surface area (Å²) in [7, 11) is -1.18. The van der Waals surface area contributed by atoms with Gasteiger partial charge in [-0.05, 0) is 50.6 Å². The number of hydrogen-bond acceptors (Lipinski definition) is 3. The van der Waals surface area contributed by atoms with E-state index in [1.165, 1.54) is 16.7 Å². The van der Waals surface area contributed by atoms with Gasteiger partial charge in [-0.1, -0.05) is 54.6 Å². The lowest BCUT2D eigenvalue weighted by Gasteiger charge is -2.37. The van der Waals surface area contributed by atoms with Crippen LogP contribution in [0.4, 0.5) is 0 Å². The van der Waals surface area contributed by atoms with Gasteiger partial charge in [0.2, 0.25) is 10.0 Å². The standard InChI is InChI=1S/C21H28N2O2S/c1-16(2)26(24,25)22-21-13-14-23(3)15-20(21)19-11-9-18(10-12-19)17-7-5-4-6-8-17/h4-12,16,20-22H,13-15H2,1-3H3/t20-,21+/m0/s1. The Bertz CT molecular complexity index is 817. The first kappa shape index (κ1) is 19.1. The van der Waals surface area contributed by atoms with E-state index in [0.29, 0.717) is 0 Å². The molecule has 1 heterocycles. The summed E-state index contributed by atoms with van der Waals surface area (Å²) >= 11 is 0. The van der Waals surface area contributed by atoms with Gasteiger partial charge >= 0.3 is 0 Å². The van der Waals surface area contributed by atoms with E-state index >= 15 is 0 Å². The molecule has 0 aliphatic carbocycles. The number of nitrogens with one attached hydrogen (secondary N) is 1. The number of benzene rings is 2. The maximum atomic E-state index is 12.4. The zero-order valence-electron chi connectivity index (χ0n) is 15.7. The molecular formula is C21H28N2O2S. The lowest BCUT2D eigenvalue weighted by atomic mass is 9.86. The summed E-state index contributed by atoms with van der Waals surface area (Å²) in [5, 5.41) is -0.414. The van der Waals surface area contributed by atoms with Gasteiger partial charge in [-0.3, -0.25) is 0 Å². The Morgan fingerprint density at radius 3 is 2.23 bits per heavy atom. The Labute approximate surface area is 157 Å². The Morgan fingerprint density at radius 2 is 1.62 bits per heavy atom. The molecule has 0 spiro atoms. The number of hydrogen-bond donors (Lipinski definition) is 1. The molecule has 3 rings (SSSR count). The van der Waals surface area contributed by atoms with Crippen molar-refractivity contribution in [3.05, 3.63) is 60.2 Å². The van der Waals surface area contributed by atoms with Gasteiger partial charge in [0.15, 0.2) is 0 Å². The van der Waals surface area contributed by atoms with Gasteiger partial charge in [0.1, 0.15) is 0 Å². The summed E-state index contributed by atoms with van der Waals surface area (Å²) < 4.78 is 27.7. The Hall–Kier alpha value is -1.69. The van der Waals surface area contributed by atoms with E-state index in [-0.39, 0.29) is 12.0 Å². The largest absolute Gasteiger partial charge is 0.306 e. The lowest BCUT2D eigenvalue weighted by molar-refractivity contribution is 0.219. The maximum absolute atomic E-state index is 12.4. The second kappa shape index (κ2) is 7.91. The summed E-state index contributed by atoms with van der Waals surface area (Å²) in [4.78, 5) is 2.27. The Balaban J connectivity index is 1.84. The molecule has 1 fully saturated rings. The van der Waals surface area contributed by atoms with Crippen molar-refractivity contribution in [2.24, 2.45) is 0 Å². The molecule has 5 heteroatoms. The van der Waals surface area contributed by atoms with Crippen LogP contribution in [0.3, 0.4) is 0 Å². The second-order valence-electron chi connectivity index (χ2n) is 7.46. The van der Waals surface area contributed by atoms with Gasteiger partial charge in [0.25, 0.3) is 0 Å². The van der Waals surface area contributed by atoms with Crippen molar-refractivity contribution in [2.75, 3.05) is 20.1 Å². The minimum absolute atomic E-state index is 0.0545. The van der Waals surface area contributed by atoms with E-state index in [9.17, 15) is 8.42 Å². The molecule has 4 nitrogen and oxygen atoms in total. The van der Waals surface area contributed by atoms with Crippen LogP contribution in [0.1, 0.15) is 31.7 Å². The van der Waals surface area contributed by atoms with Crippen molar-refractivity contribution in [3.63, 3.8) is 0 Å². The van der Waals surface area contributed by atoms with E-state index in [2.05, 4.69) is 53.1 Å². The third kappa shape index (κ3) is 4.34. The van der Waals surface area contributed by atoms with E-state index in [0.717, 1.165) is 19.5 Å². The molecule has 1 saturated heterocycles. The fraction of sp³-hybridized carbons (Fsp3) is 0.429. The van der Waals surface area contributed by atoms with Crippen LogP contribution in [0.2, 0.25) is 0 Å². The number of sulfonamides is 1. The number of likely N-dealkylation sites (N-methyl/N-ethyl adjacent to an activating group) is 1. The molecule has 2 aromatic rings. The molecule has 0 radical (unpaired) electrons. The number of rotatable bonds is 5. The highest BCUT2D eigenvalue weighted by Gasteiger charge is 2.32. The van der Waals surface area contributed by atoms with Gasteiger partial charge in [-0.15, -0.1) is 0 Å². The van der Waals surface area contributed by atoms with Crippen LogP contribution in [0, 0.1) is 0 Å². The second-order valence-corrected chi connectivity index (χ2v) is 9.73. The van der Waals surface area contributed by atoms with Crippen molar-refractivity contribution >= 4 is 10.0 Å². The molecule has 1 aliphatic rings. The summed E-state index contributed by atoms with van der Waals surface area (Å²) in [6.07, 6.45) is 0.827. The van der Waals surface area contributed by atoms with Crippen LogP contribution < -0.4 is 4.72 Å². The number of piperidine rings is 1. The van der Waals surface area contributed by atoms with Gasteiger partial charge < -0.3 is 4.90 Å². The molecule has 0 amide bonds. The fourth-order valence-corrected chi connectivity index (χ4v) is 4.47. The smallest absolute Gasteiger partial charge is 0.214 e. The summed E-state index contributed by atoms with van der Waals surface area (Å²) in [6.45, 7) is 5.21. The monoisotopic (exact) mass is 372 g/mol. The topological polar surface area (TPSA) is 49.4 Å². The Morgan fingerprint density at radius 1 is 1.00 bits per heavy atom. The third-order valence-electron chi connectivity index (χ3n) is 5.20. The molecule has 2 atom stereocenters. The maximum Gasteiger partial charge on any atom is 0.214 e. The average Bonchev–Trinajstić information content (AvgIpc) is 2.64. The zero-order chi connectivity index (χ0) is 18.7. The van der Waals surface area contributed by atoms with Crippen LogP contribution in [0.25, 0.3) is 11.1 Å². The van der Waals surface area contributed by atoms with E-state index < -0.39 is 15.3 Å². The van der Waals surface area contributed by atoms with Crippen molar-refractivity contribution in [3.8, 4) is 11.1 Å². The summed E-state index contributed by atoms with van der Waals surface area (Å²) in [5.41, 5.74) is 3.56. The molecule has 2 aromatic carbocycles. The highest BCUT2D eigenvalue weighted by molar-refractivity contribution is 7.90. The highest BCUT2D eigenvalue weighted by atomic mass is 32.2. The van der Waals surface area contributed by atoms with Crippen molar-refractivity contribution < 1.29 is 8.42 Å². The van der Waals surface area contributed by atoms with Crippen LogP contribution in [-0.2, 0) is 10.0 Å².